The van der Waals surface area contributed by atoms with Crippen LogP contribution < -0.4 is 5.32 Å². The van der Waals surface area contributed by atoms with Gasteiger partial charge in [0.2, 0.25) is 5.91 Å². The Morgan fingerprint density at radius 2 is 1.81 bits per heavy atom. The fourth-order valence-electron chi connectivity index (χ4n) is 3.28. The molecule has 0 atom stereocenters. The zero-order chi connectivity index (χ0) is 21.5. The van der Waals surface area contributed by atoms with Crippen molar-refractivity contribution in [3.63, 3.8) is 0 Å². The van der Waals surface area contributed by atoms with Crippen LogP contribution in [-0.2, 0) is 22.6 Å². The molecule has 0 spiro atoms. The van der Waals surface area contributed by atoms with Crippen molar-refractivity contribution < 1.29 is 9.53 Å². The van der Waals surface area contributed by atoms with Gasteiger partial charge in [-0.05, 0) is 29.8 Å². The van der Waals surface area contributed by atoms with Gasteiger partial charge in [-0.3, -0.25) is 14.3 Å². The summed E-state index contributed by atoms with van der Waals surface area (Å²) in [6.45, 7) is 4.33. The fraction of sp³-hybridized carbons (Fsp3) is 0.318. The van der Waals surface area contributed by atoms with E-state index in [0.29, 0.717) is 23.3 Å². The molecule has 9 heteroatoms. The zero-order valence-electron chi connectivity index (χ0n) is 17.0. The van der Waals surface area contributed by atoms with E-state index in [0.717, 1.165) is 43.4 Å². The van der Waals surface area contributed by atoms with Crippen LogP contribution in [0.4, 0.5) is 0 Å². The van der Waals surface area contributed by atoms with Crippen LogP contribution in [0.2, 0.25) is 5.02 Å². The number of amides is 1. The summed E-state index contributed by atoms with van der Waals surface area (Å²) in [6.07, 6.45) is 0. The second kappa shape index (κ2) is 10.8. The molecule has 162 valence electrons. The molecule has 4 rings (SSSR count). The number of nitrogens with one attached hydrogen (secondary N) is 1. The molecular formula is C22H24ClN5O2S. The van der Waals surface area contributed by atoms with Crippen LogP contribution in [0.25, 0.3) is 5.69 Å². The van der Waals surface area contributed by atoms with E-state index >= 15 is 0 Å². The maximum Gasteiger partial charge on any atom is 0.230 e. The minimum atomic E-state index is -0.0470. The summed E-state index contributed by atoms with van der Waals surface area (Å²) in [7, 11) is 0. The van der Waals surface area contributed by atoms with Gasteiger partial charge >= 0.3 is 0 Å². The van der Waals surface area contributed by atoms with Crippen molar-refractivity contribution in [3.05, 3.63) is 71.0 Å². The molecule has 0 aliphatic carbocycles. The first-order valence-electron chi connectivity index (χ1n) is 10.1. The van der Waals surface area contributed by atoms with Crippen LogP contribution in [0.3, 0.4) is 0 Å². The Morgan fingerprint density at radius 3 is 2.55 bits per heavy atom. The highest BCUT2D eigenvalue weighted by molar-refractivity contribution is 7.99. The van der Waals surface area contributed by atoms with Crippen molar-refractivity contribution in [1.29, 1.82) is 0 Å². The van der Waals surface area contributed by atoms with Gasteiger partial charge in [-0.1, -0.05) is 53.7 Å². The third-order valence-electron chi connectivity index (χ3n) is 4.92. The Morgan fingerprint density at radius 1 is 1.06 bits per heavy atom. The predicted molar refractivity (Wildman–Crippen MR) is 121 cm³/mol. The monoisotopic (exact) mass is 457 g/mol. The van der Waals surface area contributed by atoms with Gasteiger partial charge in [-0.25, -0.2) is 0 Å². The molecule has 1 aromatic heterocycles. The highest BCUT2D eigenvalue weighted by atomic mass is 35.5. The van der Waals surface area contributed by atoms with Crippen LogP contribution in [0.1, 0.15) is 11.4 Å². The van der Waals surface area contributed by atoms with E-state index in [-0.39, 0.29) is 11.7 Å². The van der Waals surface area contributed by atoms with Gasteiger partial charge < -0.3 is 10.1 Å². The van der Waals surface area contributed by atoms with Gasteiger partial charge in [-0.2, -0.15) is 0 Å². The molecular weight excluding hydrogens is 434 g/mol. The minimum absolute atomic E-state index is 0.0470. The van der Waals surface area contributed by atoms with Crippen LogP contribution in [0, 0.1) is 0 Å². The average molecular weight is 458 g/mol. The van der Waals surface area contributed by atoms with E-state index < -0.39 is 0 Å². The Balaban J connectivity index is 1.45. The molecule has 1 saturated heterocycles. The number of carbonyl (C=O) groups is 1. The number of halogens is 1. The molecule has 1 aliphatic heterocycles. The number of benzene rings is 2. The molecule has 0 bridgehead atoms. The molecule has 1 fully saturated rings. The molecule has 7 nitrogen and oxygen atoms in total. The van der Waals surface area contributed by atoms with E-state index in [9.17, 15) is 4.79 Å². The maximum absolute atomic E-state index is 12.4. The summed E-state index contributed by atoms with van der Waals surface area (Å²) in [5, 5.41) is 13.1. The van der Waals surface area contributed by atoms with E-state index in [1.165, 1.54) is 11.8 Å². The highest BCUT2D eigenvalue weighted by Gasteiger charge is 2.19. The number of aromatic nitrogens is 3. The van der Waals surface area contributed by atoms with Crippen molar-refractivity contribution >= 4 is 29.3 Å². The third-order valence-corrected chi connectivity index (χ3v) is 6.10. The van der Waals surface area contributed by atoms with Crippen LogP contribution in [-0.4, -0.2) is 57.6 Å². The van der Waals surface area contributed by atoms with Gasteiger partial charge in [0.25, 0.3) is 0 Å². The van der Waals surface area contributed by atoms with Crippen molar-refractivity contribution in [2.24, 2.45) is 0 Å². The number of hydrogen-bond acceptors (Lipinski definition) is 6. The Bertz CT molecular complexity index is 991. The fourth-order valence-corrected chi connectivity index (χ4v) is 4.21. The summed E-state index contributed by atoms with van der Waals surface area (Å²) in [6, 6.07) is 17.4. The third kappa shape index (κ3) is 6.07. The Kier molecular flexibility index (Phi) is 7.58. The lowest BCUT2D eigenvalue weighted by Gasteiger charge is -2.26. The molecule has 1 amide bonds. The van der Waals surface area contributed by atoms with Crippen LogP contribution in [0.15, 0.2) is 59.8 Å². The smallest absolute Gasteiger partial charge is 0.230 e. The zero-order valence-corrected chi connectivity index (χ0v) is 18.6. The molecule has 31 heavy (non-hydrogen) atoms. The molecule has 3 aromatic rings. The largest absolute Gasteiger partial charge is 0.379 e. The summed E-state index contributed by atoms with van der Waals surface area (Å²) >= 11 is 7.45. The first-order valence-corrected chi connectivity index (χ1v) is 11.5. The lowest BCUT2D eigenvalue weighted by Crippen LogP contribution is -2.36. The van der Waals surface area contributed by atoms with Crippen molar-refractivity contribution in [2.45, 2.75) is 18.2 Å². The second-order valence-corrected chi connectivity index (χ2v) is 8.53. The maximum atomic E-state index is 12.4. The van der Waals surface area contributed by atoms with E-state index in [1.54, 1.807) is 0 Å². The lowest BCUT2D eigenvalue weighted by molar-refractivity contribution is -0.118. The second-order valence-electron chi connectivity index (χ2n) is 7.15. The molecule has 2 heterocycles. The van der Waals surface area contributed by atoms with E-state index in [1.807, 2.05) is 59.2 Å². The van der Waals surface area contributed by atoms with Gasteiger partial charge in [-0.15, -0.1) is 10.2 Å². The van der Waals surface area contributed by atoms with Gasteiger partial charge in [0.1, 0.15) is 0 Å². The first kappa shape index (κ1) is 21.8. The van der Waals surface area contributed by atoms with E-state index in [4.69, 9.17) is 16.3 Å². The van der Waals surface area contributed by atoms with Crippen molar-refractivity contribution in [1.82, 2.24) is 25.0 Å². The van der Waals surface area contributed by atoms with Crippen LogP contribution >= 0.6 is 23.4 Å². The predicted octanol–water partition coefficient (Wildman–Crippen LogP) is 3.16. The number of nitrogens with zero attached hydrogens (tertiary/aromatic N) is 4. The summed E-state index contributed by atoms with van der Waals surface area (Å²) in [5.41, 5.74) is 1.99. The quantitative estimate of drug-likeness (QED) is 0.524. The standard InChI is InChI=1S/C22H24ClN5O2S/c23-18-6-8-19(9-7-18)28-20(15-27-10-12-30-13-11-27)25-26-22(28)31-16-21(29)24-14-17-4-2-1-3-5-17/h1-9H,10-16H2,(H,24,29). The highest BCUT2D eigenvalue weighted by Crippen LogP contribution is 2.24. The molecule has 0 saturated carbocycles. The average Bonchev–Trinajstić information content (AvgIpc) is 3.20. The van der Waals surface area contributed by atoms with Gasteiger partial charge in [0.05, 0.1) is 25.5 Å². The molecule has 1 aliphatic rings. The number of hydrogen-bond donors (Lipinski definition) is 1. The number of rotatable bonds is 8. The van der Waals surface area contributed by atoms with Gasteiger partial charge in [0.15, 0.2) is 11.0 Å². The normalized spacial score (nSPS) is 14.5. The molecule has 1 N–H and O–H groups in total. The first-order chi connectivity index (χ1) is 15.2. The van der Waals surface area contributed by atoms with Gasteiger partial charge in [0, 0.05) is 30.3 Å². The molecule has 2 aromatic carbocycles. The summed E-state index contributed by atoms with van der Waals surface area (Å²) < 4.78 is 7.44. The lowest BCUT2D eigenvalue weighted by atomic mass is 10.2. The molecule has 0 radical (unpaired) electrons. The minimum Gasteiger partial charge on any atom is -0.379 e. The Labute approximate surface area is 190 Å². The van der Waals surface area contributed by atoms with Crippen molar-refractivity contribution in [3.8, 4) is 5.69 Å². The molecule has 0 unspecified atom stereocenters. The number of morpholine rings is 1. The Hall–Kier alpha value is -2.39. The number of ether oxygens (including phenoxy) is 1. The SMILES string of the molecule is O=C(CSc1nnc(CN2CCOCC2)n1-c1ccc(Cl)cc1)NCc1ccccc1. The number of thioether (sulfide) groups is 1. The summed E-state index contributed by atoms with van der Waals surface area (Å²) in [4.78, 5) is 14.7. The number of carbonyl (C=O) groups excluding carboxylic acids is 1. The summed E-state index contributed by atoms with van der Waals surface area (Å²) in [5.74, 6) is 1.04. The topological polar surface area (TPSA) is 72.3 Å². The van der Waals surface area contributed by atoms with Crippen LogP contribution in [0.5, 0.6) is 0 Å². The van der Waals surface area contributed by atoms with Crippen molar-refractivity contribution in [2.75, 3.05) is 32.1 Å². The van der Waals surface area contributed by atoms with E-state index in [2.05, 4.69) is 20.4 Å².